The third kappa shape index (κ3) is 2.59. The molecule has 2 N–H and O–H groups in total. The van der Waals surface area contributed by atoms with Gasteiger partial charge in [0, 0.05) is 44.7 Å². The normalized spacial score (nSPS) is 30.5. The van der Waals surface area contributed by atoms with Crippen LogP contribution in [0.2, 0.25) is 0 Å². The number of hydrogen-bond donors (Lipinski definition) is 2. The van der Waals surface area contributed by atoms with Gasteiger partial charge in [0.05, 0.1) is 6.34 Å². The van der Waals surface area contributed by atoms with Crippen LogP contribution in [0.5, 0.6) is 0 Å². The van der Waals surface area contributed by atoms with Crippen LogP contribution < -0.4 is 10.6 Å². The number of amides is 1. The van der Waals surface area contributed by atoms with Crippen molar-refractivity contribution in [1.82, 2.24) is 25.6 Å². The average Bonchev–Trinajstić information content (AvgIpc) is 3.22. The highest BCUT2D eigenvalue weighted by molar-refractivity contribution is 5.78. The van der Waals surface area contributed by atoms with Crippen LogP contribution in [0.3, 0.4) is 0 Å². The first-order chi connectivity index (χ1) is 11.2. The number of fused-ring (bicyclic) bond motifs is 1. The van der Waals surface area contributed by atoms with Gasteiger partial charge in [-0.05, 0) is 31.5 Å². The van der Waals surface area contributed by atoms with Gasteiger partial charge in [0.1, 0.15) is 12.0 Å². The predicted molar refractivity (Wildman–Crippen MR) is 88.0 cm³/mol. The molecular weight excluding hydrogens is 292 g/mol. The number of piperidine rings is 1. The van der Waals surface area contributed by atoms with Gasteiger partial charge < -0.3 is 15.5 Å². The lowest BCUT2D eigenvalue weighted by Crippen LogP contribution is -2.54. The molecule has 2 atom stereocenters. The Labute approximate surface area is 136 Å². The van der Waals surface area contributed by atoms with Crippen molar-refractivity contribution in [2.45, 2.75) is 37.9 Å². The average molecular weight is 316 g/mol. The number of nitrogens with zero attached hydrogens (tertiary/aromatic N) is 4. The second-order valence-corrected chi connectivity index (χ2v) is 6.55. The van der Waals surface area contributed by atoms with E-state index >= 15 is 0 Å². The smallest absolute Gasteiger partial charge is 0.222 e. The third-order valence-corrected chi connectivity index (χ3v) is 5.18. The Balaban J connectivity index is 1.49. The van der Waals surface area contributed by atoms with E-state index in [0.29, 0.717) is 11.9 Å². The summed E-state index contributed by atoms with van der Waals surface area (Å²) >= 11 is 0. The zero-order chi connectivity index (χ0) is 15.8. The fourth-order valence-corrected chi connectivity index (χ4v) is 3.94. The standard InChI is InChI=1S/C16H24N6O/c1-20(16-13-6-7-17-15(13)18-11-19-16)21-8-2-4-12(10-21)22-9-3-5-14(22)23/h6-7,11-12,15,17H,2-5,8-10H2,1H3,(H,18,19). The van der Waals surface area contributed by atoms with E-state index in [9.17, 15) is 4.79 Å². The van der Waals surface area contributed by atoms with Crippen LogP contribution in [0.1, 0.15) is 25.7 Å². The molecule has 1 amide bonds. The predicted octanol–water partition coefficient (Wildman–Crippen LogP) is 0.206. The molecule has 0 aliphatic carbocycles. The SMILES string of the molecule is CN(C1=C2C=CNC2N=CN1)N1CCCC(N2CCCC2=O)C1. The topological polar surface area (TPSA) is 63.2 Å². The summed E-state index contributed by atoms with van der Waals surface area (Å²) in [6.45, 7) is 2.85. The Morgan fingerprint density at radius 1 is 1.35 bits per heavy atom. The van der Waals surface area contributed by atoms with Crippen LogP contribution in [0.15, 0.2) is 28.7 Å². The molecule has 2 unspecified atom stereocenters. The molecule has 4 rings (SSSR count). The largest absolute Gasteiger partial charge is 0.366 e. The van der Waals surface area contributed by atoms with Gasteiger partial charge in [-0.3, -0.25) is 9.80 Å². The summed E-state index contributed by atoms with van der Waals surface area (Å²) in [5.41, 5.74) is 1.16. The first kappa shape index (κ1) is 14.6. The van der Waals surface area contributed by atoms with Gasteiger partial charge in [-0.15, -0.1) is 0 Å². The maximum Gasteiger partial charge on any atom is 0.222 e. The van der Waals surface area contributed by atoms with E-state index in [2.05, 4.69) is 43.7 Å². The highest BCUT2D eigenvalue weighted by Crippen LogP contribution is 2.25. The summed E-state index contributed by atoms with van der Waals surface area (Å²) in [5.74, 6) is 1.40. The van der Waals surface area contributed by atoms with Crippen LogP contribution in [0, 0.1) is 0 Å². The number of rotatable bonds is 3. The van der Waals surface area contributed by atoms with Crippen LogP contribution in [-0.4, -0.2) is 66.1 Å². The summed E-state index contributed by atoms with van der Waals surface area (Å²) in [4.78, 5) is 18.5. The van der Waals surface area contributed by atoms with Crippen molar-refractivity contribution in [1.29, 1.82) is 0 Å². The summed E-state index contributed by atoms with van der Waals surface area (Å²) in [5, 5.41) is 11.0. The van der Waals surface area contributed by atoms with Gasteiger partial charge in [-0.2, -0.15) is 0 Å². The fourth-order valence-electron chi connectivity index (χ4n) is 3.94. The van der Waals surface area contributed by atoms with Crippen molar-refractivity contribution in [2.24, 2.45) is 4.99 Å². The van der Waals surface area contributed by atoms with Gasteiger partial charge in [0.15, 0.2) is 0 Å². The molecule has 0 radical (unpaired) electrons. The van der Waals surface area contributed by atoms with Crippen molar-refractivity contribution >= 4 is 12.2 Å². The summed E-state index contributed by atoms with van der Waals surface area (Å²) in [6.07, 6.45) is 9.76. The maximum absolute atomic E-state index is 12.0. The number of carbonyl (C=O) groups excluding carboxylic acids is 1. The first-order valence-corrected chi connectivity index (χ1v) is 8.47. The molecular formula is C16H24N6O. The van der Waals surface area contributed by atoms with Crippen molar-refractivity contribution in [3.05, 3.63) is 23.7 Å². The Bertz CT molecular complexity index is 583. The van der Waals surface area contributed by atoms with Crippen molar-refractivity contribution < 1.29 is 4.79 Å². The van der Waals surface area contributed by atoms with Crippen LogP contribution >= 0.6 is 0 Å². The van der Waals surface area contributed by atoms with Crippen LogP contribution in [0.25, 0.3) is 0 Å². The van der Waals surface area contributed by atoms with Crippen LogP contribution in [-0.2, 0) is 4.79 Å². The highest BCUT2D eigenvalue weighted by Gasteiger charge is 2.34. The molecule has 23 heavy (non-hydrogen) atoms. The summed E-state index contributed by atoms with van der Waals surface area (Å²) < 4.78 is 0. The number of likely N-dealkylation sites (tertiary alicyclic amines) is 1. The quantitative estimate of drug-likeness (QED) is 0.779. The van der Waals surface area contributed by atoms with E-state index in [1.165, 1.54) is 0 Å². The molecule has 0 spiro atoms. The summed E-state index contributed by atoms with van der Waals surface area (Å²) in [7, 11) is 2.09. The second kappa shape index (κ2) is 5.88. The van der Waals surface area contributed by atoms with Crippen molar-refractivity contribution in [3.8, 4) is 0 Å². The van der Waals surface area contributed by atoms with Gasteiger partial charge in [-0.1, -0.05) is 0 Å². The highest BCUT2D eigenvalue weighted by atomic mass is 16.2. The maximum atomic E-state index is 12.0. The minimum Gasteiger partial charge on any atom is -0.366 e. The lowest BCUT2D eigenvalue weighted by atomic mass is 10.1. The fraction of sp³-hybridized carbons (Fsp3) is 0.625. The van der Waals surface area contributed by atoms with Gasteiger partial charge >= 0.3 is 0 Å². The van der Waals surface area contributed by atoms with E-state index in [1.807, 2.05) is 6.20 Å². The molecule has 0 aromatic rings. The Kier molecular flexibility index (Phi) is 3.72. The molecule has 0 bridgehead atoms. The van der Waals surface area contributed by atoms with E-state index in [0.717, 1.165) is 56.7 Å². The molecule has 124 valence electrons. The molecule has 4 aliphatic heterocycles. The monoisotopic (exact) mass is 316 g/mol. The number of hydrogen-bond acceptors (Lipinski definition) is 6. The molecule has 7 heteroatoms. The van der Waals surface area contributed by atoms with E-state index in [-0.39, 0.29) is 6.17 Å². The number of nitrogens with one attached hydrogen (secondary N) is 2. The second-order valence-electron chi connectivity index (χ2n) is 6.55. The molecule has 0 aromatic heterocycles. The Morgan fingerprint density at radius 2 is 2.26 bits per heavy atom. The minimum absolute atomic E-state index is 0.0226. The zero-order valence-electron chi connectivity index (χ0n) is 13.5. The number of aliphatic imine (C=N–C) groups is 1. The molecule has 4 aliphatic rings. The lowest BCUT2D eigenvalue weighted by Gasteiger charge is -2.43. The summed E-state index contributed by atoms with van der Waals surface area (Å²) in [6, 6.07) is 0.345. The van der Waals surface area contributed by atoms with Gasteiger partial charge in [0.25, 0.3) is 0 Å². The Hall–Kier alpha value is -2.02. The molecule has 2 fully saturated rings. The molecule has 0 aromatic carbocycles. The molecule has 2 saturated heterocycles. The zero-order valence-corrected chi connectivity index (χ0v) is 13.5. The molecule has 4 heterocycles. The minimum atomic E-state index is 0.0226. The number of carbonyl (C=O) groups is 1. The van der Waals surface area contributed by atoms with Gasteiger partial charge in [0.2, 0.25) is 5.91 Å². The van der Waals surface area contributed by atoms with E-state index in [1.54, 1.807) is 6.34 Å². The van der Waals surface area contributed by atoms with Crippen LogP contribution in [0.4, 0.5) is 0 Å². The third-order valence-electron chi connectivity index (χ3n) is 5.18. The first-order valence-electron chi connectivity index (χ1n) is 8.47. The lowest BCUT2D eigenvalue weighted by molar-refractivity contribution is -0.132. The van der Waals surface area contributed by atoms with E-state index in [4.69, 9.17) is 0 Å². The van der Waals surface area contributed by atoms with Gasteiger partial charge in [-0.25, -0.2) is 10.0 Å². The molecule has 0 saturated carbocycles. The van der Waals surface area contributed by atoms with Crippen molar-refractivity contribution in [3.63, 3.8) is 0 Å². The van der Waals surface area contributed by atoms with Crippen molar-refractivity contribution in [2.75, 3.05) is 26.7 Å². The Morgan fingerprint density at radius 3 is 3.09 bits per heavy atom. The number of hydrazine groups is 1. The molecule has 7 nitrogen and oxygen atoms in total. The van der Waals surface area contributed by atoms with E-state index < -0.39 is 0 Å².